The van der Waals surface area contributed by atoms with Crippen LogP contribution in [0.5, 0.6) is 0 Å². The van der Waals surface area contributed by atoms with E-state index in [4.69, 9.17) is 11.6 Å². The zero-order valence-corrected chi connectivity index (χ0v) is 8.99. The third kappa shape index (κ3) is 2.48. The molecule has 0 fully saturated rings. The van der Waals surface area contributed by atoms with Crippen molar-refractivity contribution >= 4 is 17.6 Å². The Morgan fingerprint density at radius 3 is 2.43 bits per heavy atom. The Bertz CT molecular complexity index is 297. The van der Waals surface area contributed by atoms with Gasteiger partial charge in [-0.25, -0.2) is 0 Å². The third-order valence-electron chi connectivity index (χ3n) is 2.19. The molecular formula is C11H13ClO2. The van der Waals surface area contributed by atoms with E-state index < -0.39 is 5.38 Å². The van der Waals surface area contributed by atoms with Gasteiger partial charge in [0.1, 0.15) is 5.38 Å². The molecule has 0 aliphatic carbocycles. The normalized spacial score (nSPS) is 14.5. The van der Waals surface area contributed by atoms with Crippen molar-refractivity contribution in [1.82, 2.24) is 0 Å². The maximum absolute atomic E-state index is 11.2. The van der Waals surface area contributed by atoms with Crippen molar-refractivity contribution in [1.29, 1.82) is 0 Å². The molecule has 0 saturated heterocycles. The van der Waals surface area contributed by atoms with Crippen LogP contribution in [0, 0.1) is 0 Å². The van der Waals surface area contributed by atoms with Crippen LogP contribution in [0.15, 0.2) is 30.3 Å². The van der Waals surface area contributed by atoms with Crippen LogP contribution in [-0.4, -0.2) is 18.5 Å². The van der Waals surface area contributed by atoms with Crippen LogP contribution in [0.3, 0.4) is 0 Å². The summed E-state index contributed by atoms with van der Waals surface area (Å²) in [6, 6.07) is 9.67. The fourth-order valence-corrected chi connectivity index (χ4v) is 1.48. The molecule has 0 aliphatic rings. The predicted octanol–water partition coefficient (Wildman–Crippen LogP) is 2.57. The van der Waals surface area contributed by atoms with E-state index in [9.17, 15) is 4.79 Å². The molecule has 2 nitrogen and oxygen atoms in total. The van der Waals surface area contributed by atoms with Crippen molar-refractivity contribution in [2.45, 2.75) is 18.2 Å². The molecule has 0 N–H and O–H groups in total. The third-order valence-corrected chi connectivity index (χ3v) is 2.75. The van der Waals surface area contributed by atoms with Crippen molar-refractivity contribution in [2.75, 3.05) is 7.11 Å². The van der Waals surface area contributed by atoms with Crippen LogP contribution >= 0.6 is 11.6 Å². The molecule has 3 heteroatoms. The first-order valence-electron chi connectivity index (χ1n) is 4.43. The number of hydrogen-bond donors (Lipinski definition) is 0. The van der Waals surface area contributed by atoms with Gasteiger partial charge in [-0.2, -0.15) is 0 Å². The van der Waals surface area contributed by atoms with Crippen LogP contribution < -0.4 is 0 Å². The van der Waals surface area contributed by atoms with Crippen molar-refractivity contribution in [3.8, 4) is 0 Å². The number of hydrogen-bond acceptors (Lipinski definition) is 2. The molecule has 1 aromatic rings. The Hall–Kier alpha value is -1.02. The topological polar surface area (TPSA) is 26.3 Å². The van der Waals surface area contributed by atoms with Gasteiger partial charge in [0.25, 0.3) is 0 Å². The van der Waals surface area contributed by atoms with Gasteiger partial charge in [-0.1, -0.05) is 37.3 Å². The van der Waals surface area contributed by atoms with Crippen molar-refractivity contribution in [3.63, 3.8) is 0 Å². The summed E-state index contributed by atoms with van der Waals surface area (Å²) in [6.45, 7) is 1.91. The Morgan fingerprint density at radius 2 is 1.93 bits per heavy atom. The zero-order chi connectivity index (χ0) is 10.6. The van der Waals surface area contributed by atoms with E-state index in [1.54, 1.807) is 0 Å². The van der Waals surface area contributed by atoms with E-state index in [0.29, 0.717) is 0 Å². The Balaban J connectivity index is 2.75. The van der Waals surface area contributed by atoms with Crippen molar-refractivity contribution in [2.24, 2.45) is 0 Å². The Labute approximate surface area is 88.8 Å². The minimum atomic E-state index is -0.623. The van der Waals surface area contributed by atoms with Gasteiger partial charge in [-0.3, -0.25) is 4.79 Å². The highest BCUT2D eigenvalue weighted by Gasteiger charge is 2.24. The smallest absolute Gasteiger partial charge is 0.324 e. The minimum absolute atomic E-state index is 0.0367. The summed E-state index contributed by atoms with van der Waals surface area (Å²) in [5, 5.41) is -0.623. The Kier molecular flexibility index (Phi) is 3.96. The first-order valence-corrected chi connectivity index (χ1v) is 4.87. The molecule has 76 valence electrons. The second kappa shape index (κ2) is 5.01. The number of rotatable bonds is 3. The Morgan fingerprint density at radius 1 is 1.36 bits per heavy atom. The van der Waals surface area contributed by atoms with E-state index >= 15 is 0 Å². The lowest BCUT2D eigenvalue weighted by atomic mass is 9.98. The monoisotopic (exact) mass is 212 g/mol. The molecule has 1 rings (SSSR count). The molecule has 0 amide bonds. The number of alkyl halides is 1. The average molecular weight is 213 g/mol. The van der Waals surface area contributed by atoms with Gasteiger partial charge in [-0.15, -0.1) is 11.6 Å². The van der Waals surface area contributed by atoms with Gasteiger partial charge in [-0.05, 0) is 5.56 Å². The molecule has 0 spiro atoms. The van der Waals surface area contributed by atoms with E-state index in [-0.39, 0.29) is 11.9 Å². The predicted molar refractivity (Wildman–Crippen MR) is 56.5 cm³/mol. The summed E-state index contributed by atoms with van der Waals surface area (Å²) in [5.74, 6) is -0.423. The fraction of sp³-hybridized carbons (Fsp3) is 0.364. The molecule has 0 bridgehead atoms. The number of methoxy groups -OCH3 is 1. The summed E-state index contributed by atoms with van der Waals surface area (Å²) >= 11 is 5.94. The van der Waals surface area contributed by atoms with Gasteiger partial charge in [0.15, 0.2) is 0 Å². The number of carbonyl (C=O) groups excluding carboxylic acids is 1. The average Bonchev–Trinajstić information content (AvgIpc) is 2.27. The SMILES string of the molecule is COC(=O)[C@H](Cl)[C@@H](C)c1ccccc1. The molecular weight excluding hydrogens is 200 g/mol. The van der Waals surface area contributed by atoms with Crippen LogP contribution in [0.25, 0.3) is 0 Å². The lowest BCUT2D eigenvalue weighted by Gasteiger charge is -2.15. The van der Waals surface area contributed by atoms with E-state index in [2.05, 4.69) is 4.74 Å². The second-order valence-corrected chi connectivity index (χ2v) is 3.59. The molecule has 0 heterocycles. The highest BCUT2D eigenvalue weighted by Crippen LogP contribution is 2.23. The largest absolute Gasteiger partial charge is 0.468 e. The molecule has 1 aromatic carbocycles. The number of ether oxygens (including phenoxy) is 1. The van der Waals surface area contributed by atoms with Crippen molar-refractivity contribution in [3.05, 3.63) is 35.9 Å². The zero-order valence-electron chi connectivity index (χ0n) is 8.24. The van der Waals surface area contributed by atoms with Gasteiger partial charge in [0.05, 0.1) is 7.11 Å². The first kappa shape index (κ1) is 11.1. The maximum Gasteiger partial charge on any atom is 0.324 e. The van der Waals surface area contributed by atoms with Crippen molar-refractivity contribution < 1.29 is 9.53 Å². The van der Waals surface area contributed by atoms with Gasteiger partial charge >= 0.3 is 5.97 Å². The van der Waals surface area contributed by atoms with E-state index in [1.807, 2.05) is 37.3 Å². The van der Waals surface area contributed by atoms with Crippen LogP contribution in [-0.2, 0) is 9.53 Å². The molecule has 0 aromatic heterocycles. The summed E-state index contributed by atoms with van der Waals surface area (Å²) in [5.41, 5.74) is 1.04. The summed E-state index contributed by atoms with van der Waals surface area (Å²) in [4.78, 5) is 11.2. The molecule has 0 aliphatic heterocycles. The standard InChI is InChI=1S/C11H13ClO2/c1-8(10(12)11(13)14-2)9-6-4-3-5-7-9/h3-8,10H,1-2H3/t8-,10+/m0/s1. The molecule has 2 atom stereocenters. The van der Waals surface area contributed by atoms with E-state index in [0.717, 1.165) is 5.56 Å². The van der Waals surface area contributed by atoms with Crippen LogP contribution in [0.2, 0.25) is 0 Å². The van der Waals surface area contributed by atoms with Crippen LogP contribution in [0.1, 0.15) is 18.4 Å². The highest BCUT2D eigenvalue weighted by atomic mass is 35.5. The van der Waals surface area contributed by atoms with Gasteiger partial charge in [0.2, 0.25) is 0 Å². The van der Waals surface area contributed by atoms with E-state index in [1.165, 1.54) is 7.11 Å². The molecule has 0 radical (unpaired) electrons. The van der Waals surface area contributed by atoms with Gasteiger partial charge in [0, 0.05) is 5.92 Å². The van der Waals surface area contributed by atoms with Crippen LogP contribution in [0.4, 0.5) is 0 Å². The second-order valence-electron chi connectivity index (χ2n) is 3.12. The van der Waals surface area contributed by atoms with Gasteiger partial charge < -0.3 is 4.74 Å². The summed E-state index contributed by atoms with van der Waals surface area (Å²) in [6.07, 6.45) is 0. The number of carbonyl (C=O) groups is 1. The summed E-state index contributed by atoms with van der Waals surface area (Å²) < 4.78 is 4.58. The lowest BCUT2D eigenvalue weighted by Crippen LogP contribution is -2.22. The number of halogens is 1. The number of benzene rings is 1. The fourth-order valence-electron chi connectivity index (χ4n) is 1.24. The maximum atomic E-state index is 11.2. The quantitative estimate of drug-likeness (QED) is 0.569. The first-order chi connectivity index (χ1) is 6.66. The summed E-state index contributed by atoms with van der Waals surface area (Å²) in [7, 11) is 1.34. The molecule has 14 heavy (non-hydrogen) atoms. The highest BCUT2D eigenvalue weighted by molar-refractivity contribution is 6.30. The molecule has 0 saturated carbocycles. The molecule has 0 unspecified atom stereocenters. The lowest BCUT2D eigenvalue weighted by molar-refractivity contribution is -0.140. The minimum Gasteiger partial charge on any atom is -0.468 e. The number of esters is 1.